The Kier molecular flexibility index (Phi) is 5.62. The molecular formula is C16H9ClN4O5. The van der Waals surface area contributed by atoms with Crippen LogP contribution in [-0.4, -0.2) is 15.8 Å². The molecule has 0 radical (unpaired) electrons. The SMILES string of the molecule is N#C/C(=C\c1ccc([N+](=O)[O-])cc1)C(=O)Nc1cc([N+](=O)[O-])ccc1Cl. The molecule has 0 saturated heterocycles. The Labute approximate surface area is 151 Å². The molecule has 0 aliphatic rings. The Morgan fingerprint density at radius 1 is 1.08 bits per heavy atom. The zero-order valence-corrected chi connectivity index (χ0v) is 13.6. The molecule has 130 valence electrons. The maximum absolute atomic E-state index is 12.2. The molecule has 26 heavy (non-hydrogen) atoms. The molecule has 1 amide bonds. The third kappa shape index (κ3) is 4.40. The average molecular weight is 373 g/mol. The zero-order chi connectivity index (χ0) is 19.3. The minimum absolute atomic E-state index is 0.0179. The van der Waals surface area contributed by atoms with Gasteiger partial charge in [0.1, 0.15) is 11.6 Å². The van der Waals surface area contributed by atoms with E-state index in [9.17, 15) is 25.0 Å². The third-order valence-corrected chi connectivity index (χ3v) is 3.52. The molecule has 9 nitrogen and oxygen atoms in total. The molecule has 0 spiro atoms. The minimum atomic E-state index is -0.826. The van der Waals surface area contributed by atoms with Gasteiger partial charge < -0.3 is 5.32 Å². The number of hydrogen-bond acceptors (Lipinski definition) is 6. The number of nitro benzene ring substituents is 2. The number of carbonyl (C=O) groups excluding carboxylic acids is 1. The number of rotatable bonds is 5. The van der Waals surface area contributed by atoms with Gasteiger partial charge in [-0.25, -0.2) is 0 Å². The van der Waals surface area contributed by atoms with E-state index in [-0.39, 0.29) is 27.7 Å². The van der Waals surface area contributed by atoms with Crippen LogP contribution in [0.2, 0.25) is 5.02 Å². The van der Waals surface area contributed by atoms with Crippen molar-refractivity contribution in [3.05, 3.63) is 78.9 Å². The summed E-state index contributed by atoms with van der Waals surface area (Å²) in [6.45, 7) is 0. The van der Waals surface area contributed by atoms with Gasteiger partial charge in [-0.3, -0.25) is 25.0 Å². The fourth-order valence-corrected chi connectivity index (χ4v) is 2.08. The van der Waals surface area contributed by atoms with Crippen LogP contribution in [0, 0.1) is 31.6 Å². The first-order valence-corrected chi connectivity index (χ1v) is 7.31. The van der Waals surface area contributed by atoms with Crippen molar-refractivity contribution in [2.75, 3.05) is 5.32 Å². The Morgan fingerprint density at radius 2 is 1.65 bits per heavy atom. The van der Waals surface area contributed by atoms with Gasteiger partial charge in [-0.1, -0.05) is 11.6 Å². The van der Waals surface area contributed by atoms with Crippen molar-refractivity contribution >= 4 is 40.6 Å². The third-order valence-electron chi connectivity index (χ3n) is 3.19. The van der Waals surface area contributed by atoms with E-state index in [4.69, 9.17) is 16.9 Å². The lowest BCUT2D eigenvalue weighted by molar-refractivity contribution is -0.385. The van der Waals surface area contributed by atoms with Gasteiger partial charge >= 0.3 is 0 Å². The topological polar surface area (TPSA) is 139 Å². The van der Waals surface area contributed by atoms with Gasteiger partial charge in [0.15, 0.2) is 0 Å². The summed E-state index contributed by atoms with van der Waals surface area (Å²) in [4.78, 5) is 32.4. The average Bonchev–Trinajstić information content (AvgIpc) is 2.61. The van der Waals surface area contributed by atoms with E-state index in [1.54, 1.807) is 6.07 Å². The van der Waals surface area contributed by atoms with Crippen LogP contribution in [0.1, 0.15) is 5.56 Å². The number of nitrogens with one attached hydrogen (secondary N) is 1. The number of halogens is 1. The van der Waals surface area contributed by atoms with Crippen LogP contribution >= 0.6 is 11.6 Å². The van der Waals surface area contributed by atoms with Gasteiger partial charge in [0.2, 0.25) is 0 Å². The molecule has 0 atom stereocenters. The molecule has 0 heterocycles. The molecule has 0 fully saturated rings. The maximum atomic E-state index is 12.2. The molecule has 1 N–H and O–H groups in total. The summed E-state index contributed by atoms with van der Waals surface area (Å²) < 4.78 is 0. The summed E-state index contributed by atoms with van der Waals surface area (Å²) in [6, 6.07) is 10.4. The molecule has 0 bridgehead atoms. The second-order valence-electron chi connectivity index (χ2n) is 4.89. The lowest BCUT2D eigenvalue weighted by atomic mass is 10.1. The summed E-state index contributed by atoms with van der Waals surface area (Å²) in [5.41, 5.74) is -0.333. The lowest BCUT2D eigenvalue weighted by Crippen LogP contribution is -2.14. The summed E-state index contributed by atoms with van der Waals surface area (Å²) in [5.74, 6) is -0.826. The fourth-order valence-electron chi connectivity index (χ4n) is 1.92. The molecule has 0 aromatic heterocycles. The van der Waals surface area contributed by atoms with Crippen LogP contribution in [0.3, 0.4) is 0 Å². The van der Waals surface area contributed by atoms with Crippen molar-refractivity contribution in [1.29, 1.82) is 5.26 Å². The summed E-state index contributed by atoms with van der Waals surface area (Å²) >= 11 is 5.90. The number of nitrogens with zero attached hydrogens (tertiary/aromatic N) is 3. The molecule has 0 aliphatic carbocycles. The minimum Gasteiger partial charge on any atom is -0.320 e. The quantitative estimate of drug-likeness (QED) is 0.367. The van der Waals surface area contributed by atoms with Crippen molar-refractivity contribution < 1.29 is 14.6 Å². The lowest BCUT2D eigenvalue weighted by Gasteiger charge is -2.06. The van der Waals surface area contributed by atoms with E-state index in [2.05, 4.69) is 5.32 Å². The number of amides is 1. The predicted octanol–water partition coefficient (Wildman–Crippen LogP) is 3.70. The molecule has 2 rings (SSSR count). The van der Waals surface area contributed by atoms with E-state index in [0.29, 0.717) is 5.56 Å². The Bertz CT molecular complexity index is 964. The van der Waals surface area contributed by atoms with E-state index in [1.807, 2.05) is 0 Å². The number of non-ortho nitro benzene ring substituents is 2. The molecule has 10 heteroatoms. The van der Waals surface area contributed by atoms with E-state index < -0.39 is 15.8 Å². The van der Waals surface area contributed by atoms with Crippen LogP contribution in [0.5, 0.6) is 0 Å². The standard InChI is InChI=1S/C16H9ClN4O5/c17-14-6-5-13(21(25)26)8-15(14)19-16(22)11(9-18)7-10-1-3-12(4-2-10)20(23)24/h1-8H,(H,19,22)/b11-7+. The fraction of sp³-hybridized carbons (Fsp3) is 0. The van der Waals surface area contributed by atoms with Crippen LogP contribution in [-0.2, 0) is 4.79 Å². The van der Waals surface area contributed by atoms with Crippen molar-refractivity contribution in [2.45, 2.75) is 0 Å². The van der Waals surface area contributed by atoms with Crippen molar-refractivity contribution in [2.24, 2.45) is 0 Å². The number of anilines is 1. The van der Waals surface area contributed by atoms with E-state index >= 15 is 0 Å². The molecule has 2 aromatic carbocycles. The van der Waals surface area contributed by atoms with Crippen LogP contribution in [0.15, 0.2) is 48.0 Å². The van der Waals surface area contributed by atoms with Crippen molar-refractivity contribution in [3.8, 4) is 6.07 Å². The number of hydrogen-bond donors (Lipinski definition) is 1. The van der Waals surface area contributed by atoms with Crippen molar-refractivity contribution in [1.82, 2.24) is 0 Å². The molecule has 2 aromatic rings. The largest absolute Gasteiger partial charge is 0.320 e. The van der Waals surface area contributed by atoms with E-state index in [0.717, 1.165) is 6.07 Å². The molecule has 0 aliphatic heterocycles. The normalized spacial score (nSPS) is 10.7. The summed E-state index contributed by atoms with van der Waals surface area (Å²) in [5, 5.41) is 33.0. The zero-order valence-electron chi connectivity index (χ0n) is 12.9. The smallest absolute Gasteiger partial charge is 0.271 e. The number of carbonyl (C=O) groups is 1. The first kappa shape index (κ1) is 18.6. The van der Waals surface area contributed by atoms with E-state index in [1.165, 1.54) is 42.5 Å². The Hall–Kier alpha value is -3.77. The Morgan fingerprint density at radius 3 is 2.19 bits per heavy atom. The monoisotopic (exact) mass is 372 g/mol. The first-order valence-electron chi connectivity index (χ1n) is 6.93. The van der Waals surface area contributed by atoms with Gasteiger partial charge in [-0.15, -0.1) is 0 Å². The van der Waals surface area contributed by atoms with Gasteiger partial charge in [0.25, 0.3) is 17.3 Å². The molecular weight excluding hydrogens is 364 g/mol. The maximum Gasteiger partial charge on any atom is 0.271 e. The van der Waals surface area contributed by atoms with Crippen LogP contribution < -0.4 is 5.32 Å². The number of nitro groups is 2. The second-order valence-corrected chi connectivity index (χ2v) is 5.30. The predicted molar refractivity (Wildman–Crippen MR) is 93.4 cm³/mol. The number of benzene rings is 2. The van der Waals surface area contributed by atoms with Gasteiger partial charge in [0, 0.05) is 24.3 Å². The van der Waals surface area contributed by atoms with Crippen molar-refractivity contribution in [3.63, 3.8) is 0 Å². The van der Waals surface area contributed by atoms with Gasteiger partial charge in [0.05, 0.1) is 20.6 Å². The highest BCUT2D eigenvalue weighted by molar-refractivity contribution is 6.34. The highest BCUT2D eigenvalue weighted by atomic mass is 35.5. The summed E-state index contributed by atoms with van der Waals surface area (Å²) in [7, 11) is 0. The number of nitriles is 1. The Balaban J connectivity index is 2.26. The van der Waals surface area contributed by atoms with Crippen LogP contribution in [0.25, 0.3) is 6.08 Å². The highest BCUT2D eigenvalue weighted by Crippen LogP contribution is 2.27. The van der Waals surface area contributed by atoms with Gasteiger partial charge in [-0.2, -0.15) is 5.26 Å². The molecule has 0 unspecified atom stereocenters. The van der Waals surface area contributed by atoms with Crippen LogP contribution in [0.4, 0.5) is 17.1 Å². The molecule has 0 saturated carbocycles. The first-order chi connectivity index (χ1) is 12.3. The second kappa shape index (κ2) is 7.87. The van der Waals surface area contributed by atoms with Gasteiger partial charge in [-0.05, 0) is 29.8 Å². The highest BCUT2D eigenvalue weighted by Gasteiger charge is 2.15. The summed E-state index contributed by atoms with van der Waals surface area (Å²) in [6.07, 6.45) is 1.23.